The first kappa shape index (κ1) is 18.5. The lowest BCUT2D eigenvalue weighted by atomic mass is 10.0. The molecule has 0 radical (unpaired) electrons. The third-order valence-corrected chi connectivity index (χ3v) is 5.64. The Balaban J connectivity index is 1.71. The molecule has 1 aromatic carbocycles. The van der Waals surface area contributed by atoms with Crippen LogP contribution >= 0.6 is 11.3 Å². The average molecular weight is 373 g/mol. The molecule has 1 aliphatic rings. The minimum absolute atomic E-state index is 0.0160. The van der Waals surface area contributed by atoms with Gasteiger partial charge in [0.15, 0.2) is 5.78 Å². The van der Waals surface area contributed by atoms with Crippen LogP contribution in [0.5, 0.6) is 11.5 Å². The number of methoxy groups -OCH3 is 2. The number of nitrogens with zero attached hydrogens (tertiary/aromatic N) is 1. The summed E-state index contributed by atoms with van der Waals surface area (Å²) in [5.41, 5.74) is 0.960. The number of Topliss-reactive ketones (excluding diaryl/α,β-unsaturated/α-hetero) is 1. The fraction of sp³-hybridized carbons (Fsp3) is 0.400. The normalized spacial score (nSPS) is 16.5. The van der Waals surface area contributed by atoms with Crippen molar-refractivity contribution in [3.8, 4) is 11.5 Å². The van der Waals surface area contributed by atoms with Gasteiger partial charge in [-0.15, -0.1) is 11.3 Å². The molecule has 0 aliphatic carbocycles. The monoisotopic (exact) mass is 373 g/mol. The summed E-state index contributed by atoms with van der Waals surface area (Å²) in [6.45, 7) is 0.705. The highest BCUT2D eigenvalue weighted by Crippen LogP contribution is 2.39. The second-order valence-corrected chi connectivity index (χ2v) is 7.20. The van der Waals surface area contributed by atoms with Crippen molar-refractivity contribution in [3.63, 3.8) is 0 Å². The molecule has 3 rings (SSSR count). The standard InChI is InChI=1S/C20H23NO4S/c1-24-14-7-9-18(25-2)15(13-14)16-5-3-11-21(16)20(23)10-8-17(22)19-6-4-12-26-19/h4,6-7,9,12-13,16H,3,5,8,10-11H2,1-2H3/t16-/m1/s1. The minimum Gasteiger partial charge on any atom is -0.497 e. The van der Waals surface area contributed by atoms with E-state index < -0.39 is 0 Å². The number of ketones is 1. The van der Waals surface area contributed by atoms with Crippen molar-refractivity contribution in [1.82, 2.24) is 4.90 Å². The van der Waals surface area contributed by atoms with E-state index in [1.807, 2.05) is 34.5 Å². The topological polar surface area (TPSA) is 55.8 Å². The lowest BCUT2D eigenvalue weighted by molar-refractivity contribution is -0.132. The molecule has 1 atom stereocenters. The zero-order valence-electron chi connectivity index (χ0n) is 15.1. The highest BCUT2D eigenvalue weighted by atomic mass is 32.1. The molecule has 1 amide bonds. The zero-order valence-corrected chi connectivity index (χ0v) is 15.9. The second kappa shape index (κ2) is 8.36. The number of benzene rings is 1. The molecule has 2 heterocycles. The van der Waals surface area contributed by atoms with Gasteiger partial charge in [-0.3, -0.25) is 9.59 Å². The van der Waals surface area contributed by atoms with Crippen molar-refractivity contribution in [2.24, 2.45) is 0 Å². The van der Waals surface area contributed by atoms with Crippen molar-refractivity contribution in [2.75, 3.05) is 20.8 Å². The number of carbonyl (C=O) groups is 2. The first-order chi connectivity index (χ1) is 12.6. The van der Waals surface area contributed by atoms with Gasteiger partial charge in [-0.2, -0.15) is 0 Å². The predicted molar refractivity (Wildman–Crippen MR) is 101 cm³/mol. The Morgan fingerprint density at radius 3 is 2.73 bits per heavy atom. The van der Waals surface area contributed by atoms with Gasteiger partial charge in [0, 0.05) is 24.9 Å². The Hall–Kier alpha value is -2.34. The quantitative estimate of drug-likeness (QED) is 0.686. The molecule has 1 saturated heterocycles. The molecule has 2 aromatic rings. The van der Waals surface area contributed by atoms with Crippen molar-refractivity contribution >= 4 is 23.0 Å². The fourth-order valence-electron chi connectivity index (χ4n) is 3.41. The lowest BCUT2D eigenvalue weighted by Crippen LogP contribution is -2.31. The van der Waals surface area contributed by atoms with Crippen molar-refractivity contribution < 1.29 is 19.1 Å². The lowest BCUT2D eigenvalue weighted by Gasteiger charge is -2.26. The maximum absolute atomic E-state index is 12.8. The van der Waals surface area contributed by atoms with E-state index in [-0.39, 0.29) is 30.6 Å². The smallest absolute Gasteiger partial charge is 0.223 e. The van der Waals surface area contributed by atoms with Crippen molar-refractivity contribution in [1.29, 1.82) is 0 Å². The zero-order chi connectivity index (χ0) is 18.5. The predicted octanol–water partition coefficient (Wildman–Crippen LogP) is 4.09. The van der Waals surface area contributed by atoms with E-state index in [9.17, 15) is 9.59 Å². The van der Waals surface area contributed by atoms with Crippen LogP contribution in [-0.4, -0.2) is 37.4 Å². The Morgan fingerprint density at radius 2 is 2.04 bits per heavy atom. The summed E-state index contributed by atoms with van der Waals surface area (Å²) in [5, 5.41) is 1.88. The van der Waals surface area contributed by atoms with E-state index in [4.69, 9.17) is 9.47 Å². The molecule has 138 valence electrons. The highest BCUT2D eigenvalue weighted by molar-refractivity contribution is 7.12. The Labute approximate surface area is 157 Å². The van der Waals surface area contributed by atoms with Crippen LogP contribution in [0.3, 0.4) is 0 Å². The van der Waals surface area contributed by atoms with E-state index >= 15 is 0 Å². The van der Waals surface area contributed by atoms with Gasteiger partial charge in [-0.05, 0) is 42.5 Å². The van der Waals surface area contributed by atoms with Crippen LogP contribution in [0.15, 0.2) is 35.7 Å². The summed E-state index contributed by atoms with van der Waals surface area (Å²) < 4.78 is 10.8. The maximum Gasteiger partial charge on any atom is 0.223 e. The van der Waals surface area contributed by atoms with Crippen LogP contribution in [0.1, 0.15) is 47.0 Å². The molecule has 1 aliphatic heterocycles. The number of hydrogen-bond acceptors (Lipinski definition) is 5. The van der Waals surface area contributed by atoms with E-state index in [2.05, 4.69) is 0 Å². The molecule has 0 saturated carbocycles. The summed E-state index contributed by atoms with van der Waals surface area (Å²) in [7, 11) is 3.26. The highest BCUT2D eigenvalue weighted by Gasteiger charge is 2.32. The van der Waals surface area contributed by atoms with Crippen LogP contribution < -0.4 is 9.47 Å². The van der Waals surface area contributed by atoms with Crippen LogP contribution in [0.2, 0.25) is 0 Å². The van der Waals surface area contributed by atoms with Crippen LogP contribution in [0.4, 0.5) is 0 Å². The molecular formula is C20H23NO4S. The molecular weight excluding hydrogens is 350 g/mol. The number of ether oxygens (including phenoxy) is 2. The van der Waals surface area contributed by atoms with E-state index in [0.29, 0.717) is 11.4 Å². The summed E-state index contributed by atoms with van der Waals surface area (Å²) in [6, 6.07) is 9.27. The molecule has 1 fully saturated rings. The van der Waals surface area contributed by atoms with E-state index in [1.165, 1.54) is 11.3 Å². The Kier molecular flexibility index (Phi) is 5.93. The van der Waals surface area contributed by atoms with Gasteiger partial charge < -0.3 is 14.4 Å². The van der Waals surface area contributed by atoms with Gasteiger partial charge in [0.1, 0.15) is 11.5 Å². The van der Waals surface area contributed by atoms with Gasteiger partial charge in [0.2, 0.25) is 5.91 Å². The summed E-state index contributed by atoms with van der Waals surface area (Å²) in [4.78, 5) is 27.5. The summed E-state index contributed by atoms with van der Waals surface area (Å²) in [5.74, 6) is 1.54. The largest absolute Gasteiger partial charge is 0.497 e. The van der Waals surface area contributed by atoms with Gasteiger partial charge in [0.05, 0.1) is 25.1 Å². The molecule has 0 spiro atoms. The summed E-state index contributed by atoms with van der Waals surface area (Å²) >= 11 is 1.42. The number of hydrogen-bond donors (Lipinski definition) is 0. The van der Waals surface area contributed by atoms with E-state index in [0.717, 1.165) is 29.9 Å². The third-order valence-electron chi connectivity index (χ3n) is 4.73. The minimum atomic E-state index is -0.0376. The first-order valence-corrected chi connectivity index (χ1v) is 9.60. The Morgan fingerprint density at radius 1 is 1.19 bits per heavy atom. The van der Waals surface area contributed by atoms with Crippen molar-refractivity contribution in [2.45, 2.75) is 31.7 Å². The molecule has 0 N–H and O–H groups in total. The number of likely N-dealkylation sites (tertiary alicyclic amines) is 1. The van der Waals surface area contributed by atoms with Crippen LogP contribution in [-0.2, 0) is 4.79 Å². The number of thiophene rings is 1. The molecule has 0 bridgehead atoms. The third kappa shape index (κ3) is 3.90. The number of rotatable bonds is 7. The molecule has 0 unspecified atom stereocenters. The van der Waals surface area contributed by atoms with Gasteiger partial charge in [-0.1, -0.05) is 6.07 Å². The van der Waals surface area contributed by atoms with Crippen LogP contribution in [0, 0.1) is 0 Å². The van der Waals surface area contributed by atoms with Crippen molar-refractivity contribution in [3.05, 3.63) is 46.2 Å². The fourth-order valence-corrected chi connectivity index (χ4v) is 4.11. The van der Waals surface area contributed by atoms with Gasteiger partial charge in [0.25, 0.3) is 0 Å². The molecule has 5 nitrogen and oxygen atoms in total. The average Bonchev–Trinajstić information content (AvgIpc) is 3.37. The molecule has 6 heteroatoms. The van der Waals surface area contributed by atoms with Gasteiger partial charge in [-0.25, -0.2) is 0 Å². The maximum atomic E-state index is 12.8. The molecule has 26 heavy (non-hydrogen) atoms. The van der Waals surface area contributed by atoms with E-state index in [1.54, 1.807) is 20.3 Å². The SMILES string of the molecule is COc1ccc(OC)c([C@H]2CCCN2C(=O)CCC(=O)c2cccs2)c1. The first-order valence-electron chi connectivity index (χ1n) is 8.72. The number of amides is 1. The van der Waals surface area contributed by atoms with Gasteiger partial charge >= 0.3 is 0 Å². The van der Waals surface area contributed by atoms with Crippen LogP contribution in [0.25, 0.3) is 0 Å². The molecule has 1 aromatic heterocycles. The number of carbonyl (C=O) groups excluding carboxylic acids is 2. The second-order valence-electron chi connectivity index (χ2n) is 6.25. The summed E-state index contributed by atoms with van der Waals surface area (Å²) in [6.07, 6.45) is 2.31. The Bertz CT molecular complexity index is 772.